The topological polar surface area (TPSA) is 103 Å². The largest absolute Gasteiger partial charge is 0.503 e. The first kappa shape index (κ1) is 29.1. The van der Waals surface area contributed by atoms with E-state index in [0.717, 1.165) is 17.0 Å². The summed E-state index contributed by atoms with van der Waals surface area (Å²) >= 11 is 6.38. The van der Waals surface area contributed by atoms with Crippen LogP contribution in [0.1, 0.15) is 42.7 Å². The van der Waals surface area contributed by atoms with Crippen molar-refractivity contribution < 1.29 is 33.6 Å². The summed E-state index contributed by atoms with van der Waals surface area (Å²) in [4.78, 5) is 27.5. The number of aromatic hydroxyl groups is 1. The van der Waals surface area contributed by atoms with E-state index < -0.39 is 11.9 Å². The molecule has 2 atom stereocenters. The Labute approximate surface area is 249 Å². The van der Waals surface area contributed by atoms with Gasteiger partial charge in [0, 0.05) is 29.3 Å². The SMILES string of the molecule is COc1ccc([C@H]2CC(=O)C3=C(C2)NC(C)=C(C(=O)OCCOc2ccccc2)[C@H]3c2cc(Cl)c(O)c(OC)c2)cc1. The van der Waals surface area contributed by atoms with Gasteiger partial charge in [0.25, 0.3) is 0 Å². The lowest BCUT2D eigenvalue weighted by Gasteiger charge is -2.37. The van der Waals surface area contributed by atoms with Gasteiger partial charge in [-0.15, -0.1) is 0 Å². The molecule has 2 N–H and O–H groups in total. The van der Waals surface area contributed by atoms with E-state index in [1.807, 2.05) is 54.6 Å². The highest BCUT2D eigenvalue weighted by atomic mass is 35.5. The van der Waals surface area contributed by atoms with Crippen LogP contribution in [0.25, 0.3) is 0 Å². The number of phenols is 1. The number of esters is 1. The van der Waals surface area contributed by atoms with E-state index in [2.05, 4.69) is 5.32 Å². The minimum Gasteiger partial charge on any atom is -0.503 e. The summed E-state index contributed by atoms with van der Waals surface area (Å²) in [5.74, 6) is -0.177. The molecule has 0 saturated heterocycles. The number of carbonyl (C=O) groups excluding carboxylic acids is 2. The predicted molar refractivity (Wildman–Crippen MR) is 158 cm³/mol. The Morgan fingerprint density at radius 2 is 1.69 bits per heavy atom. The van der Waals surface area contributed by atoms with Crippen molar-refractivity contribution in [1.82, 2.24) is 5.32 Å². The first-order chi connectivity index (χ1) is 20.3. The van der Waals surface area contributed by atoms with Gasteiger partial charge in [0.2, 0.25) is 0 Å². The molecule has 0 amide bonds. The number of methoxy groups -OCH3 is 2. The fourth-order valence-corrected chi connectivity index (χ4v) is 5.78. The quantitative estimate of drug-likeness (QED) is 0.230. The lowest BCUT2D eigenvalue weighted by Crippen LogP contribution is -2.36. The van der Waals surface area contributed by atoms with Crippen molar-refractivity contribution in [3.63, 3.8) is 0 Å². The molecule has 9 heteroatoms. The van der Waals surface area contributed by atoms with Gasteiger partial charge in [-0.05, 0) is 66.8 Å². The fraction of sp³-hybridized carbons (Fsp3) is 0.273. The smallest absolute Gasteiger partial charge is 0.336 e. The summed E-state index contributed by atoms with van der Waals surface area (Å²) in [5, 5.41) is 13.8. The monoisotopic (exact) mass is 589 g/mol. The Bertz CT molecular complexity index is 1550. The van der Waals surface area contributed by atoms with E-state index in [4.69, 9.17) is 30.5 Å². The minimum absolute atomic E-state index is 0.0102. The van der Waals surface area contributed by atoms with Gasteiger partial charge in [-0.3, -0.25) is 4.79 Å². The van der Waals surface area contributed by atoms with Crippen LogP contribution in [0.4, 0.5) is 0 Å². The van der Waals surface area contributed by atoms with Crippen molar-refractivity contribution in [2.24, 2.45) is 0 Å². The number of carbonyl (C=O) groups is 2. The van der Waals surface area contributed by atoms with Crippen molar-refractivity contribution in [2.75, 3.05) is 27.4 Å². The van der Waals surface area contributed by atoms with Crippen molar-refractivity contribution >= 4 is 23.4 Å². The first-order valence-electron chi connectivity index (χ1n) is 13.6. The van der Waals surface area contributed by atoms with Crippen LogP contribution in [0.5, 0.6) is 23.0 Å². The second-order valence-corrected chi connectivity index (χ2v) is 10.5. The Kier molecular flexibility index (Phi) is 8.73. The van der Waals surface area contributed by atoms with Crippen LogP contribution >= 0.6 is 11.6 Å². The van der Waals surface area contributed by atoms with Gasteiger partial charge in [0.1, 0.15) is 24.7 Å². The Balaban J connectivity index is 1.47. The maximum atomic E-state index is 13.9. The number of Topliss-reactive ketones (excluding diaryl/α,β-unsaturated/α-hetero) is 1. The molecule has 0 bridgehead atoms. The molecule has 0 aromatic heterocycles. The van der Waals surface area contributed by atoms with Gasteiger partial charge in [-0.2, -0.15) is 0 Å². The van der Waals surface area contributed by atoms with Crippen molar-refractivity contribution in [2.45, 2.75) is 31.6 Å². The van der Waals surface area contributed by atoms with Crippen molar-refractivity contribution in [3.05, 3.63) is 105 Å². The molecular formula is C33H32ClNO7. The normalized spacial score (nSPS) is 18.2. The molecule has 0 spiro atoms. The molecule has 0 radical (unpaired) electrons. The third-order valence-electron chi connectivity index (χ3n) is 7.57. The zero-order valence-corrected chi connectivity index (χ0v) is 24.4. The van der Waals surface area contributed by atoms with Gasteiger partial charge in [-0.25, -0.2) is 4.79 Å². The summed E-state index contributed by atoms with van der Waals surface area (Å²) < 4.78 is 21.9. The number of rotatable bonds is 9. The molecule has 0 fully saturated rings. The van der Waals surface area contributed by atoms with Crippen LogP contribution in [0.2, 0.25) is 5.02 Å². The third-order valence-corrected chi connectivity index (χ3v) is 7.86. The zero-order valence-electron chi connectivity index (χ0n) is 23.6. The van der Waals surface area contributed by atoms with Gasteiger partial charge in [0.05, 0.1) is 24.8 Å². The number of allylic oxidation sites excluding steroid dienone is 3. The molecule has 1 heterocycles. The van der Waals surface area contributed by atoms with E-state index in [1.54, 1.807) is 26.2 Å². The molecule has 8 nitrogen and oxygen atoms in total. The van der Waals surface area contributed by atoms with E-state index in [0.29, 0.717) is 29.0 Å². The number of nitrogens with one attached hydrogen (secondary N) is 1. The zero-order chi connectivity index (χ0) is 29.8. The Morgan fingerprint density at radius 3 is 2.38 bits per heavy atom. The van der Waals surface area contributed by atoms with Gasteiger partial charge >= 0.3 is 5.97 Å². The van der Waals surface area contributed by atoms with Crippen LogP contribution in [-0.2, 0) is 14.3 Å². The van der Waals surface area contributed by atoms with Crippen LogP contribution in [0, 0.1) is 0 Å². The second kappa shape index (κ2) is 12.6. The van der Waals surface area contributed by atoms with Crippen LogP contribution in [-0.4, -0.2) is 44.3 Å². The van der Waals surface area contributed by atoms with Crippen molar-refractivity contribution in [1.29, 1.82) is 0 Å². The highest BCUT2D eigenvalue weighted by molar-refractivity contribution is 6.32. The molecule has 3 aromatic rings. The van der Waals surface area contributed by atoms with Crippen LogP contribution < -0.4 is 19.5 Å². The molecular weight excluding hydrogens is 558 g/mol. The van der Waals surface area contributed by atoms with E-state index in [1.165, 1.54) is 7.11 Å². The molecule has 1 aliphatic heterocycles. The van der Waals surface area contributed by atoms with Crippen LogP contribution in [0.15, 0.2) is 89.3 Å². The summed E-state index contributed by atoms with van der Waals surface area (Å²) in [6.45, 7) is 1.96. The van der Waals surface area contributed by atoms with Crippen molar-refractivity contribution in [3.8, 4) is 23.0 Å². The third kappa shape index (κ3) is 5.94. The van der Waals surface area contributed by atoms with E-state index in [-0.39, 0.29) is 53.4 Å². The standard InChI is InChI=1S/C33H32ClNO7/c1-19-29(33(38)42-14-13-41-24-7-5-4-6-8-24)30(22-15-25(34)32(37)28(18-22)40-3)31-26(35-19)16-21(17-27(31)36)20-9-11-23(39-2)12-10-20/h4-12,15,18,21,30,35,37H,13-14,16-17H2,1-3H3/t21-,30-/m1/s1. The minimum atomic E-state index is -0.778. The molecule has 2 aliphatic rings. The van der Waals surface area contributed by atoms with Gasteiger partial charge in [-0.1, -0.05) is 41.9 Å². The number of hydrogen-bond donors (Lipinski definition) is 2. The van der Waals surface area contributed by atoms with Gasteiger partial charge < -0.3 is 29.4 Å². The summed E-state index contributed by atoms with van der Waals surface area (Å²) in [5.41, 5.74) is 3.62. The molecule has 3 aromatic carbocycles. The lowest BCUT2D eigenvalue weighted by atomic mass is 9.71. The number of hydrogen-bond acceptors (Lipinski definition) is 8. The summed E-state index contributed by atoms with van der Waals surface area (Å²) in [6, 6.07) is 20.1. The highest BCUT2D eigenvalue weighted by Gasteiger charge is 2.42. The van der Waals surface area contributed by atoms with Gasteiger partial charge in [0.15, 0.2) is 17.3 Å². The fourth-order valence-electron chi connectivity index (χ4n) is 5.56. The highest BCUT2D eigenvalue weighted by Crippen LogP contribution is 2.48. The number of ether oxygens (including phenoxy) is 4. The molecule has 42 heavy (non-hydrogen) atoms. The Hall–Kier alpha value is -4.43. The molecule has 0 saturated carbocycles. The van der Waals surface area contributed by atoms with E-state index >= 15 is 0 Å². The van der Waals surface area contributed by atoms with E-state index in [9.17, 15) is 14.7 Å². The number of benzene rings is 3. The molecule has 0 unspecified atom stereocenters. The second-order valence-electron chi connectivity index (χ2n) is 10.1. The average Bonchev–Trinajstić information content (AvgIpc) is 3.00. The maximum Gasteiger partial charge on any atom is 0.336 e. The molecule has 218 valence electrons. The maximum absolute atomic E-state index is 13.9. The Morgan fingerprint density at radius 1 is 0.952 bits per heavy atom. The summed E-state index contributed by atoms with van der Waals surface area (Å²) in [7, 11) is 3.03. The first-order valence-corrected chi connectivity index (χ1v) is 14.0. The number of ketones is 1. The molecule has 5 rings (SSSR count). The molecule has 1 aliphatic carbocycles. The number of dihydropyridines is 1. The average molecular weight is 590 g/mol. The lowest BCUT2D eigenvalue weighted by molar-refractivity contribution is -0.140. The van der Waals surface area contributed by atoms with Crippen LogP contribution in [0.3, 0.4) is 0 Å². The predicted octanol–water partition coefficient (Wildman–Crippen LogP) is 6.05. The summed E-state index contributed by atoms with van der Waals surface area (Å²) in [6.07, 6.45) is 0.829. The number of phenolic OH excluding ortho intramolecular Hbond substituents is 1. The number of halogens is 1. The number of para-hydroxylation sites is 1.